The number of carbonyl (C=O) groups is 3. The van der Waals surface area contributed by atoms with Crippen LogP contribution in [0.5, 0.6) is 5.75 Å². The van der Waals surface area contributed by atoms with Crippen molar-refractivity contribution in [1.29, 1.82) is 0 Å². The third-order valence-electron chi connectivity index (χ3n) is 11.1. The molecule has 4 aliphatic carbocycles. The number of allylic oxidation sites excluding steroid dienone is 1. The molecule has 2 fully saturated rings. The number of phenolic OH excluding ortho intramolecular Hbond substituents is 1. The quantitative estimate of drug-likeness (QED) is 0.325. The summed E-state index contributed by atoms with van der Waals surface area (Å²) < 4.78 is 0. The summed E-state index contributed by atoms with van der Waals surface area (Å²) in [5, 5.41) is 59.0. The van der Waals surface area contributed by atoms with E-state index in [9.17, 15) is 39.9 Å². The zero-order chi connectivity index (χ0) is 30.4. The number of ketones is 3. The first-order valence-corrected chi connectivity index (χ1v) is 14.8. The van der Waals surface area contributed by atoms with Crippen molar-refractivity contribution in [2.75, 3.05) is 0 Å². The van der Waals surface area contributed by atoms with Gasteiger partial charge >= 0.3 is 0 Å². The van der Waals surface area contributed by atoms with Crippen molar-refractivity contribution < 1.29 is 39.9 Å². The van der Waals surface area contributed by atoms with E-state index >= 15 is 0 Å². The summed E-state index contributed by atoms with van der Waals surface area (Å²) in [5.41, 5.74) is -6.06. The number of Topliss-reactive ketones (excluding diaryl/α,β-unsaturated/α-hetero) is 3. The summed E-state index contributed by atoms with van der Waals surface area (Å²) >= 11 is 0. The van der Waals surface area contributed by atoms with E-state index in [1.54, 1.807) is 27.7 Å². The summed E-state index contributed by atoms with van der Waals surface area (Å²) in [7, 11) is 0. The molecule has 0 spiro atoms. The summed E-state index contributed by atoms with van der Waals surface area (Å²) in [6.45, 7) is 9.25. The van der Waals surface area contributed by atoms with Crippen LogP contribution in [-0.4, -0.2) is 54.6 Å². The Hall–Kier alpha value is -2.97. The Kier molecular flexibility index (Phi) is 6.86. The fourth-order valence-corrected chi connectivity index (χ4v) is 8.84. The number of aromatic hydroxyl groups is 1. The van der Waals surface area contributed by atoms with Gasteiger partial charge in [0.25, 0.3) is 0 Å². The summed E-state index contributed by atoms with van der Waals surface area (Å²) in [4.78, 5) is 40.7. The van der Waals surface area contributed by atoms with Gasteiger partial charge in [0, 0.05) is 16.7 Å². The largest absolute Gasteiger partial charge is 0.508 e. The number of aliphatic hydroxyl groups excluding tert-OH is 3. The fourth-order valence-electron chi connectivity index (χ4n) is 8.84. The van der Waals surface area contributed by atoms with Crippen LogP contribution >= 0.6 is 0 Å². The molecular formula is C33H42O8. The van der Waals surface area contributed by atoms with Gasteiger partial charge in [-0.25, -0.2) is 0 Å². The minimum atomic E-state index is -2.87. The normalized spacial score (nSPS) is 35.9. The molecule has 0 amide bonds. The molecule has 8 heteroatoms. The van der Waals surface area contributed by atoms with Crippen LogP contribution < -0.4 is 0 Å². The molecule has 1 aromatic carbocycles. The zero-order valence-electron chi connectivity index (χ0n) is 24.7. The molecule has 0 bridgehead atoms. The number of rotatable bonds is 4. The highest BCUT2D eigenvalue weighted by atomic mass is 16.4. The van der Waals surface area contributed by atoms with E-state index in [0.717, 1.165) is 32.6 Å². The highest BCUT2D eigenvalue weighted by molar-refractivity contribution is 6.24. The molecule has 222 valence electrons. The minimum Gasteiger partial charge on any atom is -0.508 e. The number of benzene rings is 1. The van der Waals surface area contributed by atoms with Crippen LogP contribution in [0.1, 0.15) is 96.3 Å². The average molecular weight is 567 g/mol. The van der Waals surface area contributed by atoms with Crippen LogP contribution in [0.4, 0.5) is 0 Å². The highest BCUT2D eigenvalue weighted by Crippen LogP contribution is 2.67. The molecule has 41 heavy (non-hydrogen) atoms. The maximum atomic E-state index is 14.5. The predicted molar refractivity (Wildman–Crippen MR) is 152 cm³/mol. The minimum absolute atomic E-state index is 0.0774. The van der Waals surface area contributed by atoms with E-state index < -0.39 is 74.7 Å². The van der Waals surface area contributed by atoms with E-state index in [1.165, 1.54) is 13.3 Å². The van der Waals surface area contributed by atoms with Gasteiger partial charge in [0.15, 0.2) is 17.2 Å². The highest BCUT2D eigenvalue weighted by Gasteiger charge is 2.77. The van der Waals surface area contributed by atoms with Crippen LogP contribution in [0.2, 0.25) is 0 Å². The van der Waals surface area contributed by atoms with Crippen LogP contribution in [0.15, 0.2) is 29.0 Å². The number of fused-ring (bicyclic) bond motifs is 3. The first-order valence-electron chi connectivity index (χ1n) is 14.8. The fraction of sp³-hybridized carbons (Fsp3) is 0.606. The van der Waals surface area contributed by atoms with E-state index in [0.29, 0.717) is 23.5 Å². The van der Waals surface area contributed by atoms with Crippen LogP contribution in [-0.2, 0) is 20.8 Å². The van der Waals surface area contributed by atoms with E-state index in [4.69, 9.17) is 0 Å². The lowest BCUT2D eigenvalue weighted by Gasteiger charge is -2.63. The van der Waals surface area contributed by atoms with Crippen LogP contribution in [0.25, 0.3) is 5.76 Å². The Balaban J connectivity index is 1.78. The second-order valence-electron chi connectivity index (χ2n) is 13.6. The van der Waals surface area contributed by atoms with Gasteiger partial charge in [0.05, 0.1) is 17.2 Å². The zero-order valence-corrected chi connectivity index (χ0v) is 24.7. The molecule has 8 nitrogen and oxygen atoms in total. The number of phenols is 1. The molecule has 0 saturated heterocycles. The molecule has 6 atom stereocenters. The number of carbonyl (C=O) groups excluding carboxylic acids is 3. The lowest BCUT2D eigenvalue weighted by Crippen LogP contribution is -2.75. The Bertz CT molecular complexity index is 1410. The van der Waals surface area contributed by atoms with E-state index in [2.05, 4.69) is 0 Å². The second-order valence-corrected chi connectivity index (χ2v) is 13.6. The summed E-state index contributed by atoms with van der Waals surface area (Å²) in [6, 6.07) is 3.65. The maximum Gasteiger partial charge on any atom is 0.203 e. The Morgan fingerprint density at radius 2 is 1.66 bits per heavy atom. The summed E-state index contributed by atoms with van der Waals surface area (Å²) in [6.07, 6.45) is 4.55. The van der Waals surface area contributed by atoms with Gasteiger partial charge in [-0.05, 0) is 42.2 Å². The van der Waals surface area contributed by atoms with Crippen molar-refractivity contribution in [1.82, 2.24) is 0 Å². The molecule has 5 N–H and O–H groups in total. The molecule has 1 aromatic rings. The average Bonchev–Trinajstić information content (AvgIpc) is 2.90. The Labute approximate surface area is 240 Å². The topological polar surface area (TPSA) is 152 Å². The van der Waals surface area contributed by atoms with E-state index in [1.807, 2.05) is 12.1 Å². The molecule has 0 aromatic heterocycles. The Morgan fingerprint density at radius 1 is 1.05 bits per heavy atom. The predicted octanol–water partition coefficient (Wildman–Crippen LogP) is 4.84. The molecule has 2 saturated carbocycles. The lowest BCUT2D eigenvalue weighted by molar-refractivity contribution is -0.215. The van der Waals surface area contributed by atoms with Gasteiger partial charge in [0.1, 0.15) is 22.8 Å². The second kappa shape index (κ2) is 9.53. The van der Waals surface area contributed by atoms with Gasteiger partial charge in [0.2, 0.25) is 5.78 Å². The van der Waals surface area contributed by atoms with Crippen LogP contribution in [0.3, 0.4) is 0 Å². The van der Waals surface area contributed by atoms with Gasteiger partial charge in [-0.3, -0.25) is 14.4 Å². The van der Waals surface area contributed by atoms with Gasteiger partial charge in [-0.2, -0.15) is 0 Å². The van der Waals surface area contributed by atoms with Crippen molar-refractivity contribution >= 4 is 23.1 Å². The number of hydrogen-bond donors (Lipinski definition) is 5. The number of hydrogen-bond acceptors (Lipinski definition) is 8. The SMILES string of the molecule is CC(=O)C1=C(O)[C@]2(O)C(=O)C3=C(O)c4c(ccc(CC5CCCCC5)c4O)[C@@H](C)[C@]3(C)[C@@H](O)[C@]2(C)C(C(C)C)C1=O. The molecule has 0 aliphatic heterocycles. The third-order valence-corrected chi connectivity index (χ3v) is 11.1. The molecule has 1 unspecified atom stereocenters. The van der Waals surface area contributed by atoms with Crippen molar-refractivity contribution in [3.8, 4) is 5.75 Å². The van der Waals surface area contributed by atoms with Crippen molar-refractivity contribution in [2.24, 2.45) is 28.6 Å². The third kappa shape index (κ3) is 3.56. The smallest absolute Gasteiger partial charge is 0.203 e. The first-order chi connectivity index (χ1) is 19.1. The monoisotopic (exact) mass is 566 g/mol. The van der Waals surface area contributed by atoms with Crippen molar-refractivity contribution in [3.63, 3.8) is 0 Å². The van der Waals surface area contributed by atoms with Gasteiger partial charge in [-0.1, -0.05) is 78.9 Å². The Morgan fingerprint density at radius 3 is 2.22 bits per heavy atom. The first kappa shape index (κ1) is 29.5. The van der Waals surface area contributed by atoms with Gasteiger partial charge in [-0.15, -0.1) is 0 Å². The molecule has 0 radical (unpaired) electrons. The maximum absolute atomic E-state index is 14.5. The lowest BCUT2D eigenvalue weighted by atomic mass is 9.40. The van der Waals surface area contributed by atoms with Crippen molar-refractivity contribution in [3.05, 3.63) is 45.7 Å². The standard InChI is InChI=1S/C33H42O8/c1-15(2)23-26(36)21(17(4)34)28(38)33(41)29(39)24-27(37)22-20(16(3)31(24,5)30(40)32(23,33)6)13-12-19(25(22)35)14-18-10-8-7-9-11-18/h12-13,15-16,18,23,30,35,37-38,40-41H,7-11,14H2,1-6H3/t16-,23?,30-,31+,32+,33+/m1/s1. The van der Waals surface area contributed by atoms with Crippen molar-refractivity contribution in [2.45, 2.75) is 97.7 Å². The molecule has 5 rings (SSSR count). The molecule has 0 heterocycles. The van der Waals surface area contributed by atoms with E-state index in [-0.39, 0.29) is 16.9 Å². The summed E-state index contributed by atoms with van der Waals surface area (Å²) in [5.74, 6) is -6.41. The van der Waals surface area contributed by atoms with Crippen LogP contribution in [0, 0.1) is 28.6 Å². The molecular weight excluding hydrogens is 524 g/mol. The number of aliphatic hydroxyl groups is 4. The molecule has 4 aliphatic rings. The van der Waals surface area contributed by atoms with Gasteiger partial charge < -0.3 is 25.5 Å².